The molecule has 1 atom stereocenters. The van der Waals surface area contributed by atoms with Crippen LogP contribution in [0.15, 0.2) is 17.8 Å². The predicted octanol–water partition coefficient (Wildman–Crippen LogP) is 3.24. The average molecular weight is 346 g/mol. The number of nitrogens with zero attached hydrogens (tertiary/aromatic N) is 4. The van der Waals surface area contributed by atoms with E-state index in [0.29, 0.717) is 6.42 Å². The van der Waals surface area contributed by atoms with Crippen LogP contribution >= 0.6 is 22.7 Å². The maximum Gasteiger partial charge on any atom is 0.228 e. The molecule has 1 aliphatic carbocycles. The van der Waals surface area contributed by atoms with Gasteiger partial charge in [0.1, 0.15) is 0 Å². The molecule has 5 nitrogen and oxygen atoms in total. The maximum absolute atomic E-state index is 12.7. The Morgan fingerprint density at radius 1 is 1.48 bits per heavy atom. The van der Waals surface area contributed by atoms with Gasteiger partial charge in [0.05, 0.1) is 33.7 Å². The van der Waals surface area contributed by atoms with Gasteiger partial charge in [0.15, 0.2) is 4.96 Å². The second-order valence-electron chi connectivity index (χ2n) is 5.96. The normalized spacial score (nSPS) is 17.4. The Hall–Kier alpha value is -1.73. The molecule has 0 saturated carbocycles. The van der Waals surface area contributed by atoms with Gasteiger partial charge in [-0.3, -0.25) is 9.20 Å². The summed E-state index contributed by atoms with van der Waals surface area (Å²) < 4.78 is 1.97. The average Bonchev–Trinajstić information content (AvgIpc) is 3.18. The van der Waals surface area contributed by atoms with Crippen LogP contribution in [0.1, 0.15) is 40.2 Å². The van der Waals surface area contributed by atoms with Gasteiger partial charge >= 0.3 is 0 Å². The van der Waals surface area contributed by atoms with Gasteiger partial charge in [0.2, 0.25) is 5.91 Å². The molecule has 0 saturated heterocycles. The molecule has 0 radical (unpaired) electrons. The smallest absolute Gasteiger partial charge is 0.228 e. The summed E-state index contributed by atoms with van der Waals surface area (Å²) in [5.74, 6) is 0.125. The lowest BCUT2D eigenvalue weighted by Gasteiger charge is -2.30. The Bertz CT molecular complexity index is 834. The minimum atomic E-state index is 0.125. The molecule has 1 amide bonds. The number of hydrogen-bond donors (Lipinski definition) is 0. The van der Waals surface area contributed by atoms with Crippen molar-refractivity contribution in [1.29, 1.82) is 0 Å². The topological polar surface area (TPSA) is 50.5 Å². The Balaban J connectivity index is 1.53. The zero-order chi connectivity index (χ0) is 16.0. The van der Waals surface area contributed by atoms with E-state index in [4.69, 9.17) is 0 Å². The minimum Gasteiger partial charge on any atom is -0.337 e. The molecule has 4 rings (SSSR count). The summed E-state index contributed by atoms with van der Waals surface area (Å²) in [7, 11) is 1.91. The van der Waals surface area contributed by atoms with Crippen LogP contribution in [-0.4, -0.2) is 32.2 Å². The molecule has 3 aromatic heterocycles. The van der Waals surface area contributed by atoms with Gasteiger partial charge in [-0.1, -0.05) is 0 Å². The lowest BCUT2D eigenvalue weighted by molar-refractivity contribution is -0.131. The molecule has 3 aromatic rings. The fourth-order valence-electron chi connectivity index (χ4n) is 3.20. The first-order valence-electron chi connectivity index (χ1n) is 7.75. The van der Waals surface area contributed by atoms with Gasteiger partial charge < -0.3 is 4.90 Å². The first-order chi connectivity index (χ1) is 11.1. The summed E-state index contributed by atoms with van der Waals surface area (Å²) in [6, 6.07) is 0.168. The third-order valence-electron chi connectivity index (χ3n) is 4.36. The van der Waals surface area contributed by atoms with Gasteiger partial charge in [-0.2, -0.15) is 0 Å². The van der Waals surface area contributed by atoms with Crippen LogP contribution in [-0.2, 0) is 17.6 Å². The van der Waals surface area contributed by atoms with E-state index in [0.717, 1.165) is 34.9 Å². The molecule has 1 unspecified atom stereocenters. The summed E-state index contributed by atoms with van der Waals surface area (Å²) in [6.45, 7) is 2.04. The van der Waals surface area contributed by atoms with Crippen molar-refractivity contribution in [3.63, 3.8) is 0 Å². The summed E-state index contributed by atoms with van der Waals surface area (Å²) in [5, 5.41) is 3.09. The van der Waals surface area contributed by atoms with Gasteiger partial charge in [0.25, 0.3) is 0 Å². The van der Waals surface area contributed by atoms with E-state index in [-0.39, 0.29) is 11.9 Å². The van der Waals surface area contributed by atoms with Crippen LogP contribution in [0.4, 0.5) is 0 Å². The highest BCUT2D eigenvalue weighted by molar-refractivity contribution is 7.15. The van der Waals surface area contributed by atoms with Crippen LogP contribution in [0.25, 0.3) is 4.96 Å². The highest BCUT2D eigenvalue weighted by Gasteiger charge is 2.29. The first kappa shape index (κ1) is 14.8. The molecule has 120 valence electrons. The number of rotatable bonds is 3. The summed E-state index contributed by atoms with van der Waals surface area (Å²) in [5.41, 5.74) is 2.02. The molecule has 0 spiro atoms. The maximum atomic E-state index is 12.7. The third-order valence-corrected chi connectivity index (χ3v) is 6.25. The monoisotopic (exact) mass is 346 g/mol. The molecular weight excluding hydrogens is 328 g/mol. The SMILES string of the molecule is Cc1nc2c(s1)C(N(C)C(=O)Cc1cn3ccsc3n1)CCC2. The number of aromatic nitrogens is 3. The van der Waals surface area contributed by atoms with Crippen molar-refractivity contribution in [2.24, 2.45) is 0 Å². The molecule has 0 aromatic carbocycles. The van der Waals surface area contributed by atoms with E-state index in [9.17, 15) is 4.79 Å². The minimum absolute atomic E-state index is 0.125. The van der Waals surface area contributed by atoms with E-state index < -0.39 is 0 Å². The van der Waals surface area contributed by atoms with E-state index in [2.05, 4.69) is 9.97 Å². The van der Waals surface area contributed by atoms with Crippen LogP contribution in [0.3, 0.4) is 0 Å². The van der Waals surface area contributed by atoms with Crippen LogP contribution < -0.4 is 0 Å². The van der Waals surface area contributed by atoms with E-state index >= 15 is 0 Å². The first-order valence-corrected chi connectivity index (χ1v) is 9.44. The Kier molecular flexibility index (Phi) is 3.69. The standard InChI is InChI=1S/C16H18N4OS2/c1-10-17-12-4-3-5-13(15(12)23-10)19(2)14(21)8-11-9-20-6-7-22-16(20)18-11/h6-7,9,13H,3-5,8H2,1-2H3. The Morgan fingerprint density at radius 2 is 2.35 bits per heavy atom. The second-order valence-corrected chi connectivity index (χ2v) is 8.07. The zero-order valence-corrected chi connectivity index (χ0v) is 14.8. The number of hydrogen-bond acceptors (Lipinski definition) is 5. The predicted molar refractivity (Wildman–Crippen MR) is 92.1 cm³/mol. The fraction of sp³-hybridized carbons (Fsp3) is 0.438. The number of likely N-dealkylation sites (N-methyl/N-ethyl adjacent to an activating group) is 1. The number of thiazole rings is 2. The fourth-order valence-corrected chi connectivity index (χ4v) is 5.07. The van der Waals surface area contributed by atoms with Crippen molar-refractivity contribution in [2.45, 2.75) is 38.6 Å². The van der Waals surface area contributed by atoms with Crippen molar-refractivity contribution in [1.82, 2.24) is 19.3 Å². The quantitative estimate of drug-likeness (QED) is 0.731. The van der Waals surface area contributed by atoms with E-state index in [1.54, 1.807) is 22.7 Å². The second kappa shape index (κ2) is 5.72. The van der Waals surface area contributed by atoms with Gasteiger partial charge in [0, 0.05) is 24.8 Å². The van der Waals surface area contributed by atoms with E-state index in [1.807, 2.05) is 41.0 Å². The van der Waals surface area contributed by atoms with Crippen LogP contribution in [0.5, 0.6) is 0 Å². The third kappa shape index (κ3) is 2.68. The molecule has 0 N–H and O–H groups in total. The highest BCUT2D eigenvalue weighted by atomic mass is 32.1. The number of fused-ring (bicyclic) bond motifs is 2. The van der Waals surface area contributed by atoms with Crippen molar-refractivity contribution in [3.05, 3.63) is 39.0 Å². The molecule has 7 heteroatoms. The Labute approximate surface area is 142 Å². The molecule has 3 heterocycles. The highest BCUT2D eigenvalue weighted by Crippen LogP contribution is 2.37. The largest absolute Gasteiger partial charge is 0.337 e. The lowest BCUT2D eigenvalue weighted by Crippen LogP contribution is -2.33. The van der Waals surface area contributed by atoms with Gasteiger partial charge in [-0.05, 0) is 26.2 Å². The number of aryl methyl sites for hydroxylation is 2. The zero-order valence-electron chi connectivity index (χ0n) is 13.2. The number of carbonyl (C=O) groups excluding carboxylic acids is 1. The Morgan fingerprint density at radius 3 is 3.17 bits per heavy atom. The van der Waals surface area contributed by atoms with Crippen molar-refractivity contribution in [2.75, 3.05) is 7.05 Å². The lowest BCUT2D eigenvalue weighted by atomic mass is 9.97. The van der Waals surface area contributed by atoms with Crippen molar-refractivity contribution >= 4 is 33.5 Å². The summed E-state index contributed by atoms with van der Waals surface area (Å²) in [4.78, 5) is 25.9. The molecule has 0 aliphatic heterocycles. The molecule has 23 heavy (non-hydrogen) atoms. The molecule has 0 fully saturated rings. The summed E-state index contributed by atoms with van der Waals surface area (Å²) in [6.07, 6.45) is 7.43. The van der Waals surface area contributed by atoms with Crippen molar-refractivity contribution in [3.8, 4) is 0 Å². The molecule has 1 aliphatic rings. The number of amides is 1. The number of carbonyl (C=O) groups is 1. The van der Waals surface area contributed by atoms with Crippen molar-refractivity contribution < 1.29 is 4.79 Å². The van der Waals surface area contributed by atoms with Crippen LogP contribution in [0, 0.1) is 6.92 Å². The van der Waals surface area contributed by atoms with Gasteiger partial charge in [-0.15, -0.1) is 22.7 Å². The molecule has 0 bridgehead atoms. The molecular formula is C16H18N4OS2. The van der Waals surface area contributed by atoms with Gasteiger partial charge in [-0.25, -0.2) is 9.97 Å². The van der Waals surface area contributed by atoms with Crippen LogP contribution in [0.2, 0.25) is 0 Å². The number of imidazole rings is 1. The summed E-state index contributed by atoms with van der Waals surface area (Å²) >= 11 is 3.32. The van der Waals surface area contributed by atoms with E-state index in [1.165, 1.54) is 10.6 Å².